The van der Waals surface area contributed by atoms with Crippen molar-refractivity contribution in [1.29, 1.82) is 0 Å². The lowest BCUT2D eigenvalue weighted by Crippen LogP contribution is -2.58. The van der Waals surface area contributed by atoms with E-state index in [1.54, 1.807) is 30.0 Å². The van der Waals surface area contributed by atoms with Crippen LogP contribution in [-0.4, -0.2) is 66.8 Å². The van der Waals surface area contributed by atoms with Crippen LogP contribution in [0.1, 0.15) is 24.0 Å². The second-order valence-electron chi connectivity index (χ2n) is 6.79. The zero-order valence-electron chi connectivity index (χ0n) is 15.1. The highest BCUT2D eigenvalue weighted by Gasteiger charge is 2.42. The molecule has 1 heterocycles. The lowest BCUT2D eigenvalue weighted by molar-refractivity contribution is -0.159. The first kappa shape index (κ1) is 20.7. The number of likely N-dealkylation sites (tertiary alicyclic amines) is 1. The maximum Gasteiger partial charge on any atom is 0.416 e. The van der Waals surface area contributed by atoms with Crippen LogP contribution in [0.5, 0.6) is 0 Å². The Balaban J connectivity index is 2.02. The number of hydrogen-bond donors (Lipinski definition) is 1. The van der Waals surface area contributed by atoms with Gasteiger partial charge in [0.05, 0.1) is 12.2 Å². The molecular formula is C18H25F3N2O3. The number of amides is 1. The third kappa shape index (κ3) is 5.18. The molecule has 146 valence electrons. The number of methoxy groups -OCH3 is 1. The lowest BCUT2D eigenvalue weighted by atomic mass is 9.91. The van der Waals surface area contributed by atoms with Gasteiger partial charge >= 0.3 is 6.18 Å². The van der Waals surface area contributed by atoms with Crippen LogP contribution in [0, 0.1) is 0 Å². The Labute approximate surface area is 151 Å². The Morgan fingerprint density at radius 1 is 1.38 bits per heavy atom. The van der Waals surface area contributed by atoms with Crippen molar-refractivity contribution in [3.05, 3.63) is 35.4 Å². The second kappa shape index (κ2) is 8.37. The van der Waals surface area contributed by atoms with E-state index in [1.807, 2.05) is 0 Å². The molecule has 1 aromatic rings. The molecule has 0 saturated carbocycles. The number of piperidine rings is 1. The van der Waals surface area contributed by atoms with E-state index in [4.69, 9.17) is 4.74 Å². The number of alkyl halides is 3. The van der Waals surface area contributed by atoms with E-state index in [0.29, 0.717) is 38.1 Å². The Morgan fingerprint density at radius 2 is 2.12 bits per heavy atom. The summed E-state index contributed by atoms with van der Waals surface area (Å²) in [6.45, 7) is 1.64. The monoisotopic (exact) mass is 374 g/mol. The van der Waals surface area contributed by atoms with E-state index < -0.39 is 17.3 Å². The maximum atomic E-state index is 12.8. The zero-order chi connectivity index (χ0) is 19.4. The van der Waals surface area contributed by atoms with Crippen molar-refractivity contribution in [3.8, 4) is 0 Å². The van der Waals surface area contributed by atoms with Crippen molar-refractivity contribution in [2.75, 3.05) is 40.4 Å². The van der Waals surface area contributed by atoms with Gasteiger partial charge in [0, 0.05) is 33.3 Å². The van der Waals surface area contributed by atoms with Crippen molar-refractivity contribution in [1.82, 2.24) is 9.80 Å². The lowest BCUT2D eigenvalue weighted by Gasteiger charge is -2.40. The van der Waals surface area contributed by atoms with Crippen LogP contribution >= 0.6 is 0 Å². The first-order valence-corrected chi connectivity index (χ1v) is 8.51. The normalized spacial score (nSPS) is 21.5. The summed E-state index contributed by atoms with van der Waals surface area (Å²) >= 11 is 0. The van der Waals surface area contributed by atoms with Gasteiger partial charge in [-0.15, -0.1) is 0 Å². The predicted octanol–water partition coefficient (Wildman–Crippen LogP) is 2.14. The summed E-state index contributed by atoms with van der Waals surface area (Å²) in [5.41, 5.74) is -1.76. The number of carbonyl (C=O) groups is 1. The van der Waals surface area contributed by atoms with Crippen LogP contribution in [0.3, 0.4) is 0 Å². The molecule has 1 atom stereocenters. The molecule has 0 bridgehead atoms. The summed E-state index contributed by atoms with van der Waals surface area (Å²) in [5.74, 6) is -0.350. The van der Waals surface area contributed by atoms with Crippen LogP contribution in [0.15, 0.2) is 24.3 Å². The van der Waals surface area contributed by atoms with Crippen molar-refractivity contribution in [2.45, 2.75) is 31.2 Å². The van der Waals surface area contributed by atoms with Crippen LogP contribution in [-0.2, 0) is 22.3 Å². The molecule has 0 spiro atoms. The number of benzene rings is 1. The fraction of sp³-hybridized carbons (Fsp3) is 0.611. The highest BCUT2D eigenvalue weighted by atomic mass is 19.4. The summed E-state index contributed by atoms with van der Waals surface area (Å²) in [6.07, 6.45) is -3.39. The molecule has 1 N–H and O–H groups in total. The molecule has 8 heteroatoms. The van der Waals surface area contributed by atoms with Crippen LogP contribution in [0.2, 0.25) is 0 Å². The van der Waals surface area contributed by atoms with E-state index in [9.17, 15) is 23.1 Å². The summed E-state index contributed by atoms with van der Waals surface area (Å²) in [6, 6.07) is 5.08. The van der Waals surface area contributed by atoms with E-state index in [1.165, 1.54) is 6.07 Å². The van der Waals surface area contributed by atoms with Gasteiger partial charge in [-0.1, -0.05) is 18.2 Å². The van der Waals surface area contributed by atoms with Crippen molar-refractivity contribution in [3.63, 3.8) is 0 Å². The molecule has 26 heavy (non-hydrogen) atoms. The third-order valence-electron chi connectivity index (χ3n) is 4.51. The minimum Gasteiger partial charge on any atom is -0.383 e. The number of rotatable bonds is 7. The van der Waals surface area contributed by atoms with Crippen LogP contribution in [0.25, 0.3) is 0 Å². The molecule has 1 aromatic carbocycles. The summed E-state index contributed by atoms with van der Waals surface area (Å²) in [4.78, 5) is 15.8. The number of aliphatic hydroxyl groups is 1. The van der Waals surface area contributed by atoms with Crippen molar-refractivity contribution in [2.24, 2.45) is 0 Å². The fourth-order valence-corrected chi connectivity index (χ4v) is 3.29. The average Bonchev–Trinajstić information content (AvgIpc) is 2.55. The quantitative estimate of drug-likeness (QED) is 0.795. The standard InChI is InChI=1S/C18H25F3N2O3/c1-22(12-14-5-3-6-15(11-14)18(19,20)21)13-17(25)7-4-8-23(16(17)24)9-10-26-2/h3,5-6,11,25H,4,7-10,12-13H2,1-2H3/t17-/m0/s1. The van der Waals surface area contributed by atoms with Gasteiger partial charge < -0.3 is 14.7 Å². The molecule has 1 saturated heterocycles. The summed E-state index contributed by atoms with van der Waals surface area (Å²) in [5, 5.41) is 10.8. The predicted molar refractivity (Wildman–Crippen MR) is 90.4 cm³/mol. The van der Waals surface area contributed by atoms with Crippen molar-refractivity contribution < 1.29 is 27.8 Å². The van der Waals surface area contributed by atoms with Gasteiger partial charge in [0.25, 0.3) is 5.91 Å². The molecule has 1 fully saturated rings. The highest BCUT2D eigenvalue weighted by Crippen LogP contribution is 2.30. The number of halogens is 3. The Hall–Kier alpha value is -1.64. The van der Waals surface area contributed by atoms with E-state index in [0.717, 1.165) is 12.1 Å². The first-order valence-electron chi connectivity index (χ1n) is 8.51. The Morgan fingerprint density at radius 3 is 2.77 bits per heavy atom. The Bertz CT molecular complexity index is 624. The van der Waals surface area contributed by atoms with Gasteiger partial charge in [-0.3, -0.25) is 9.69 Å². The maximum absolute atomic E-state index is 12.8. The molecule has 0 aliphatic carbocycles. The van der Waals surface area contributed by atoms with Gasteiger partial charge in [-0.2, -0.15) is 13.2 Å². The SMILES string of the molecule is COCCN1CCC[C@](O)(CN(C)Cc2cccc(C(F)(F)F)c2)C1=O. The topological polar surface area (TPSA) is 53.0 Å². The summed E-state index contributed by atoms with van der Waals surface area (Å²) < 4.78 is 43.4. The largest absolute Gasteiger partial charge is 0.416 e. The Kier molecular flexibility index (Phi) is 6.65. The minimum atomic E-state index is -4.39. The molecule has 0 aromatic heterocycles. The van der Waals surface area contributed by atoms with Gasteiger partial charge in [0.15, 0.2) is 5.60 Å². The highest BCUT2D eigenvalue weighted by molar-refractivity contribution is 5.86. The van der Waals surface area contributed by atoms with Gasteiger partial charge in [0.1, 0.15) is 0 Å². The molecule has 0 radical (unpaired) electrons. The first-order chi connectivity index (χ1) is 12.2. The van der Waals surface area contributed by atoms with Crippen molar-refractivity contribution >= 4 is 5.91 Å². The van der Waals surface area contributed by atoms with Gasteiger partial charge in [0.2, 0.25) is 0 Å². The molecule has 0 unspecified atom stereocenters. The van der Waals surface area contributed by atoms with E-state index in [2.05, 4.69) is 0 Å². The fourth-order valence-electron chi connectivity index (χ4n) is 3.29. The van der Waals surface area contributed by atoms with Crippen LogP contribution < -0.4 is 0 Å². The average molecular weight is 374 g/mol. The van der Waals surface area contributed by atoms with Crippen LogP contribution in [0.4, 0.5) is 13.2 Å². The number of hydrogen-bond acceptors (Lipinski definition) is 4. The van der Waals surface area contributed by atoms with Gasteiger partial charge in [-0.05, 0) is 31.5 Å². The summed E-state index contributed by atoms with van der Waals surface area (Å²) in [7, 11) is 3.23. The number of likely N-dealkylation sites (N-methyl/N-ethyl adjacent to an activating group) is 1. The number of nitrogens with zero attached hydrogens (tertiary/aromatic N) is 2. The number of carbonyl (C=O) groups excluding carboxylic acids is 1. The smallest absolute Gasteiger partial charge is 0.383 e. The van der Waals surface area contributed by atoms with E-state index >= 15 is 0 Å². The minimum absolute atomic E-state index is 0.0611. The third-order valence-corrected chi connectivity index (χ3v) is 4.51. The zero-order valence-corrected chi connectivity index (χ0v) is 15.1. The van der Waals surface area contributed by atoms with E-state index in [-0.39, 0.29) is 19.0 Å². The number of ether oxygens (including phenoxy) is 1. The second-order valence-corrected chi connectivity index (χ2v) is 6.79. The molecule has 1 amide bonds. The molecule has 5 nitrogen and oxygen atoms in total. The molecule has 1 aliphatic rings. The molecule has 2 rings (SSSR count). The van der Waals surface area contributed by atoms with Gasteiger partial charge in [-0.25, -0.2) is 0 Å². The molecule has 1 aliphatic heterocycles. The molecular weight excluding hydrogens is 349 g/mol.